The molecular weight excluding hydrogens is 373 g/mol. The van der Waals surface area contributed by atoms with E-state index in [0.717, 1.165) is 5.69 Å². The lowest BCUT2D eigenvalue weighted by Gasteiger charge is -2.32. The van der Waals surface area contributed by atoms with Crippen molar-refractivity contribution in [1.82, 2.24) is 10.2 Å². The summed E-state index contributed by atoms with van der Waals surface area (Å²) in [5.41, 5.74) is 1.19. The molecule has 0 radical (unpaired) electrons. The van der Waals surface area contributed by atoms with Crippen molar-refractivity contribution >= 4 is 40.8 Å². The third kappa shape index (κ3) is 4.68. The summed E-state index contributed by atoms with van der Waals surface area (Å²) in [5.74, 6) is -0.112. The molecule has 1 aliphatic rings. The van der Waals surface area contributed by atoms with E-state index in [1.165, 1.54) is 0 Å². The molecule has 2 N–H and O–H groups in total. The molecule has 3 rings (SSSR count). The number of anilines is 1. The number of para-hydroxylation sites is 1. The molecule has 136 valence electrons. The highest BCUT2D eigenvalue weighted by atomic mass is 35.5. The van der Waals surface area contributed by atoms with Gasteiger partial charge in [-0.3, -0.25) is 4.79 Å². The number of piperidine rings is 1. The standard InChI is InChI=1S/C19H19Cl2N3O2/c20-13-6-7-16(17(21)12-13)18(25)24-10-8-15(9-11-24)23-19(26)22-14-4-2-1-3-5-14/h1-7,12,15H,8-11H2,(H2,22,23,26). The maximum absolute atomic E-state index is 12.6. The lowest BCUT2D eigenvalue weighted by Crippen LogP contribution is -2.47. The largest absolute Gasteiger partial charge is 0.338 e. The first-order valence-electron chi connectivity index (χ1n) is 8.40. The molecule has 0 atom stereocenters. The van der Waals surface area contributed by atoms with Gasteiger partial charge >= 0.3 is 6.03 Å². The lowest BCUT2D eigenvalue weighted by atomic mass is 10.0. The van der Waals surface area contributed by atoms with Crippen molar-refractivity contribution in [1.29, 1.82) is 0 Å². The van der Waals surface area contributed by atoms with E-state index in [0.29, 0.717) is 41.5 Å². The zero-order valence-corrected chi connectivity index (χ0v) is 15.6. The first-order valence-corrected chi connectivity index (χ1v) is 9.15. The SMILES string of the molecule is O=C(Nc1ccccc1)NC1CCN(C(=O)c2ccc(Cl)cc2Cl)CC1. The minimum absolute atomic E-state index is 0.0310. The second-order valence-electron chi connectivity index (χ2n) is 6.16. The van der Waals surface area contributed by atoms with Gasteiger partial charge in [0, 0.05) is 29.8 Å². The average molecular weight is 392 g/mol. The van der Waals surface area contributed by atoms with Crippen molar-refractivity contribution in [3.63, 3.8) is 0 Å². The van der Waals surface area contributed by atoms with Crippen molar-refractivity contribution in [2.45, 2.75) is 18.9 Å². The predicted octanol–water partition coefficient (Wildman–Crippen LogP) is 4.42. The Hall–Kier alpha value is -2.24. The van der Waals surface area contributed by atoms with Gasteiger partial charge in [0.15, 0.2) is 0 Å². The molecule has 1 saturated heterocycles. The summed E-state index contributed by atoms with van der Waals surface area (Å²) in [4.78, 5) is 26.4. The van der Waals surface area contributed by atoms with Gasteiger partial charge in [0.25, 0.3) is 5.91 Å². The Labute approximate surface area is 162 Å². The van der Waals surface area contributed by atoms with E-state index in [-0.39, 0.29) is 18.0 Å². The Balaban J connectivity index is 1.51. The quantitative estimate of drug-likeness (QED) is 0.813. The Morgan fingerprint density at radius 2 is 1.69 bits per heavy atom. The van der Waals surface area contributed by atoms with Crippen molar-refractivity contribution in [3.05, 3.63) is 64.1 Å². The molecular formula is C19H19Cl2N3O2. The van der Waals surface area contributed by atoms with Gasteiger partial charge in [-0.25, -0.2) is 4.79 Å². The topological polar surface area (TPSA) is 61.4 Å². The maximum Gasteiger partial charge on any atom is 0.319 e. The summed E-state index contributed by atoms with van der Waals surface area (Å²) in [7, 11) is 0. The van der Waals surface area contributed by atoms with E-state index < -0.39 is 0 Å². The van der Waals surface area contributed by atoms with Crippen LogP contribution < -0.4 is 10.6 Å². The zero-order chi connectivity index (χ0) is 18.5. The number of urea groups is 1. The third-order valence-electron chi connectivity index (χ3n) is 4.31. The summed E-state index contributed by atoms with van der Waals surface area (Å²) in [5, 5.41) is 6.61. The normalized spacial score (nSPS) is 14.8. The summed E-state index contributed by atoms with van der Waals surface area (Å²) < 4.78 is 0. The molecule has 0 unspecified atom stereocenters. The van der Waals surface area contributed by atoms with Gasteiger partial charge in [0.05, 0.1) is 10.6 Å². The Morgan fingerprint density at radius 3 is 2.35 bits per heavy atom. The fourth-order valence-corrected chi connectivity index (χ4v) is 3.42. The first kappa shape index (κ1) is 18.5. The molecule has 0 spiro atoms. The van der Waals surface area contributed by atoms with E-state index in [2.05, 4.69) is 10.6 Å². The second-order valence-corrected chi connectivity index (χ2v) is 7.00. The van der Waals surface area contributed by atoms with Gasteiger partial charge in [-0.2, -0.15) is 0 Å². The number of hydrogen-bond donors (Lipinski definition) is 2. The highest BCUT2D eigenvalue weighted by Gasteiger charge is 2.25. The average Bonchev–Trinajstić information content (AvgIpc) is 2.62. The highest BCUT2D eigenvalue weighted by molar-refractivity contribution is 6.36. The van der Waals surface area contributed by atoms with Crippen LogP contribution in [0.1, 0.15) is 23.2 Å². The Kier molecular flexibility index (Phi) is 6.01. The fourth-order valence-electron chi connectivity index (χ4n) is 2.93. The maximum atomic E-state index is 12.6. The summed E-state index contributed by atoms with van der Waals surface area (Å²) >= 11 is 12.0. The molecule has 1 aliphatic heterocycles. The lowest BCUT2D eigenvalue weighted by molar-refractivity contribution is 0.0709. The number of halogens is 2. The third-order valence-corrected chi connectivity index (χ3v) is 4.86. The Bertz CT molecular complexity index is 791. The van der Waals surface area contributed by atoms with E-state index in [1.807, 2.05) is 30.3 Å². The van der Waals surface area contributed by atoms with Crippen LogP contribution in [0.25, 0.3) is 0 Å². The van der Waals surface area contributed by atoms with Crippen LogP contribution >= 0.6 is 23.2 Å². The highest BCUT2D eigenvalue weighted by Crippen LogP contribution is 2.23. The van der Waals surface area contributed by atoms with E-state index in [9.17, 15) is 9.59 Å². The minimum Gasteiger partial charge on any atom is -0.338 e. The number of nitrogens with zero attached hydrogens (tertiary/aromatic N) is 1. The molecule has 1 heterocycles. The van der Waals surface area contributed by atoms with Crippen LogP contribution in [0.15, 0.2) is 48.5 Å². The summed E-state index contributed by atoms with van der Waals surface area (Å²) in [6.45, 7) is 1.13. The molecule has 0 saturated carbocycles. The summed E-state index contributed by atoms with van der Waals surface area (Å²) in [6, 6.07) is 13.9. The van der Waals surface area contributed by atoms with E-state index in [4.69, 9.17) is 23.2 Å². The van der Waals surface area contributed by atoms with Crippen LogP contribution in [0.4, 0.5) is 10.5 Å². The van der Waals surface area contributed by atoms with Crippen molar-refractivity contribution < 1.29 is 9.59 Å². The van der Waals surface area contributed by atoms with Gasteiger partial charge in [-0.15, -0.1) is 0 Å². The smallest absolute Gasteiger partial charge is 0.319 e. The first-order chi connectivity index (χ1) is 12.5. The van der Waals surface area contributed by atoms with Crippen LogP contribution in [-0.4, -0.2) is 36.0 Å². The van der Waals surface area contributed by atoms with E-state index >= 15 is 0 Å². The van der Waals surface area contributed by atoms with Gasteiger partial charge in [-0.1, -0.05) is 41.4 Å². The van der Waals surface area contributed by atoms with Crippen LogP contribution in [-0.2, 0) is 0 Å². The molecule has 5 nitrogen and oxygen atoms in total. The fraction of sp³-hybridized carbons (Fsp3) is 0.263. The van der Waals surface area contributed by atoms with Crippen molar-refractivity contribution in [3.8, 4) is 0 Å². The van der Waals surface area contributed by atoms with E-state index in [1.54, 1.807) is 23.1 Å². The van der Waals surface area contributed by atoms with Crippen molar-refractivity contribution in [2.75, 3.05) is 18.4 Å². The zero-order valence-electron chi connectivity index (χ0n) is 14.0. The van der Waals surface area contributed by atoms with Crippen LogP contribution in [0.3, 0.4) is 0 Å². The minimum atomic E-state index is -0.235. The molecule has 0 aromatic heterocycles. The van der Waals surface area contributed by atoms with Gasteiger partial charge in [-0.05, 0) is 43.2 Å². The number of carbonyl (C=O) groups is 2. The predicted molar refractivity (Wildman–Crippen MR) is 104 cm³/mol. The molecule has 0 aliphatic carbocycles. The number of amides is 3. The molecule has 2 aromatic rings. The number of rotatable bonds is 3. The van der Waals surface area contributed by atoms with Gasteiger partial charge < -0.3 is 15.5 Å². The molecule has 7 heteroatoms. The number of benzene rings is 2. The van der Waals surface area contributed by atoms with Crippen LogP contribution in [0.5, 0.6) is 0 Å². The molecule has 2 aromatic carbocycles. The second kappa shape index (κ2) is 8.43. The number of nitrogens with one attached hydrogen (secondary N) is 2. The monoisotopic (exact) mass is 391 g/mol. The Morgan fingerprint density at radius 1 is 1.00 bits per heavy atom. The van der Waals surface area contributed by atoms with Crippen LogP contribution in [0.2, 0.25) is 10.0 Å². The number of carbonyl (C=O) groups excluding carboxylic acids is 2. The number of hydrogen-bond acceptors (Lipinski definition) is 2. The van der Waals surface area contributed by atoms with Gasteiger partial charge in [0.2, 0.25) is 0 Å². The number of likely N-dealkylation sites (tertiary alicyclic amines) is 1. The molecule has 1 fully saturated rings. The van der Waals surface area contributed by atoms with Crippen LogP contribution in [0, 0.1) is 0 Å². The molecule has 0 bridgehead atoms. The summed E-state index contributed by atoms with van der Waals surface area (Å²) in [6.07, 6.45) is 1.39. The molecule has 26 heavy (non-hydrogen) atoms. The van der Waals surface area contributed by atoms with Gasteiger partial charge in [0.1, 0.15) is 0 Å². The molecule has 3 amide bonds. The van der Waals surface area contributed by atoms with Crippen molar-refractivity contribution in [2.24, 2.45) is 0 Å².